The number of nitrogens with zero attached hydrogens (tertiary/aromatic N) is 4. The monoisotopic (exact) mass is 869 g/mol. The van der Waals surface area contributed by atoms with Crippen molar-refractivity contribution in [2.75, 3.05) is 0 Å². The SMILES string of the molecule is Cc1c[c-]c(-c2nc3ncc(C(C)(C)C)cc3n2-c2ccccc2)c2sc3cc(-c4ccccc4)ccc3c12.[Ir].[c-]1ccccc1-c1ccccn1. The molecule has 0 amide bonds. The smallest absolute Gasteiger partial charge is 0.168 e. The Morgan fingerprint density at radius 3 is 2.19 bits per heavy atom. The van der Waals surface area contributed by atoms with Crippen LogP contribution in [-0.4, -0.2) is 19.5 Å². The molecule has 1 radical (unpaired) electrons. The quantitative estimate of drug-likeness (QED) is 0.166. The standard InChI is InChI=1S/C35H28N3S.C11H8N.Ir/c1-22-15-17-28(32-31(22)27-18-16-24(19-30(27)39-32)23-11-7-5-8-12-23)34-37-33-29(20-25(21-36-33)35(2,3)4)38(34)26-13-9-6-10-14-26;1-2-6-10(7-3-1)11-8-4-5-9-12-11;/h5-16,18-21H,1-4H3;1-6,8-9H;/q2*-1;. The molecule has 9 rings (SSSR count). The van der Waals surface area contributed by atoms with E-state index in [2.05, 4.69) is 134 Å². The van der Waals surface area contributed by atoms with Gasteiger partial charge in [-0.25, -0.2) is 4.98 Å². The predicted octanol–water partition coefficient (Wildman–Crippen LogP) is 12.1. The molecule has 4 heterocycles. The molecule has 0 N–H and O–H groups in total. The molecular formula is C46H36IrN4S-2. The Labute approximate surface area is 322 Å². The maximum absolute atomic E-state index is 5.12. The molecule has 0 bridgehead atoms. The molecule has 5 aromatic carbocycles. The zero-order valence-electron chi connectivity index (χ0n) is 29.4. The molecule has 4 aromatic heterocycles. The van der Waals surface area contributed by atoms with Crippen LogP contribution in [0.2, 0.25) is 0 Å². The number of rotatable bonds is 4. The van der Waals surface area contributed by atoms with Crippen molar-refractivity contribution < 1.29 is 20.1 Å². The summed E-state index contributed by atoms with van der Waals surface area (Å²) >= 11 is 1.82. The molecule has 257 valence electrons. The van der Waals surface area contributed by atoms with Crippen molar-refractivity contribution in [3.8, 4) is 39.5 Å². The maximum atomic E-state index is 5.12. The van der Waals surface area contributed by atoms with E-state index < -0.39 is 0 Å². The number of pyridine rings is 2. The summed E-state index contributed by atoms with van der Waals surface area (Å²) in [6.07, 6.45) is 3.75. The molecule has 0 atom stereocenters. The first-order valence-corrected chi connectivity index (χ1v) is 17.9. The van der Waals surface area contributed by atoms with Crippen molar-refractivity contribution in [2.45, 2.75) is 33.1 Å². The van der Waals surface area contributed by atoms with Crippen LogP contribution in [0.5, 0.6) is 0 Å². The van der Waals surface area contributed by atoms with E-state index in [4.69, 9.17) is 9.97 Å². The van der Waals surface area contributed by atoms with Gasteiger partial charge < -0.3 is 9.55 Å². The number of aryl methyl sites for hydroxylation is 1. The van der Waals surface area contributed by atoms with Gasteiger partial charge in [-0.15, -0.1) is 53.6 Å². The van der Waals surface area contributed by atoms with E-state index >= 15 is 0 Å². The van der Waals surface area contributed by atoms with Gasteiger partial charge in [0.05, 0.1) is 11.3 Å². The second-order valence-corrected chi connectivity index (χ2v) is 14.7. The summed E-state index contributed by atoms with van der Waals surface area (Å²) in [4.78, 5) is 14.2. The molecule has 0 aliphatic carbocycles. The van der Waals surface area contributed by atoms with Crippen molar-refractivity contribution in [1.82, 2.24) is 19.5 Å². The van der Waals surface area contributed by atoms with Crippen LogP contribution in [0.15, 0.2) is 146 Å². The van der Waals surface area contributed by atoms with Gasteiger partial charge in [0.1, 0.15) is 0 Å². The largest absolute Gasteiger partial charge is 0.332 e. The van der Waals surface area contributed by atoms with Crippen molar-refractivity contribution >= 4 is 42.7 Å². The molecule has 0 fully saturated rings. The minimum Gasteiger partial charge on any atom is -0.332 e. The zero-order valence-corrected chi connectivity index (χ0v) is 32.6. The molecule has 0 aliphatic rings. The Morgan fingerprint density at radius 2 is 1.48 bits per heavy atom. The maximum Gasteiger partial charge on any atom is 0.168 e. The van der Waals surface area contributed by atoms with Crippen LogP contribution < -0.4 is 0 Å². The van der Waals surface area contributed by atoms with Gasteiger partial charge in [-0.3, -0.25) is 4.98 Å². The van der Waals surface area contributed by atoms with E-state index in [1.165, 1.54) is 42.4 Å². The summed E-state index contributed by atoms with van der Waals surface area (Å²) in [5.74, 6) is 0.870. The van der Waals surface area contributed by atoms with Crippen molar-refractivity contribution in [2.24, 2.45) is 0 Å². The molecule has 0 saturated heterocycles. The molecule has 0 unspecified atom stereocenters. The number of benzene rings is 5. The number of para-hydroxylation sites is 1. The summed E-state index contributed by atoms with van der Waals surface area (Å²) in [5, 5.41) is 2.55. The van der Waals surface area contributed by atoms with E-state index in [-0.39, 0.29) is 25.5 Å². The summed E-state index contributed by atoms with van der Waals surface area (Å²) in [5.41, 5.74) is 10.7. The summed E-state index contributed by atoms with van der Waals surface area (Å²) in [6.45, 7) is 8.84. The molecule has 9 aromatic rings. The fourth-order valence-electron chi connectivity index (χ4n) is 6.41. The average Bonchev–Trinajstić information content (AvgIpc) is 3.75. The van der Waals surface area contributed by atoms with Crippen LogP contribution in [0.4, 0.5) is 0 Å². The van der Waals surface area contributed by atoms with E-state index in [1.807, 2.05) is 66.1 Å². The van der Waals surface area contributed by atoms with E-state index in [0.717, 1.165) is 39.5 Å². The fraction of sp³-hybridized carbons (Fsp3) is 0.109. The van der Waals surface area contributed by atoms with Crippen molar-refractivity contribution in [1.29, 1.82) is 0 Å². The van der Waals surface area contributed by atoms with Crippen LogP contribution in [0.25, 0.3) is 70.8 Å². The first-order valence-electron chi connectivity index (χ1n) is 17.1. The first-order chi connectivity index (χ1) is 24.8. The number of imidazole rings is 1. The Morgan fingerprint density at radius 1 is 0.731 bits per heavy atom. The molecular weight excluding hydrogens is 833 g/mol. The Kier molecular flexibility index (Phi) is 9.98. The second-order valence-electron chi connectivity index (χ2n) is 13.6. The number of thiophene rings is 1. The Bertz CT molecular complexity index is 2570. The fourth-order valence-corrected chi connectivity index (χ4v) is 7.72. The molecule has 4 nitrogen and oxygen atoms in total. The third-order valence-electron chi connectivity index (χ3n) is 9.12. The molecule has 52 heavy (non-hydrogen) atoms. The summed E-state index contributed by atoms with van der Waals surface area (Å²) in [6, 6.07) is 52.7. The summed E-state index contributed by atoms with van der Waals surface area (Å²) in [7, 11) is 0. The minimum absolute atomic E-state index is 0. The van der Waals surface area contributed by atoms with Crippen LogP contribution in [0, 0.1) is 19.1 Å². The Balaban J connectivity index is 0.000000275. The van der Waals surface area contributed by atoms with Gasteiger partial charge in [0.25, 0.3) is 0 Å². The topological polar surface area (TPSA) is 43.6 Å². The van der Waals surface area contributed by atoms with Crippen LogP contribution >= 0.6 is 11.3 Å². The third kappa shape index (κ3) is 6.86. The summed E-state index contributed by atoms with van der Waals surface area (Å²) < 4.78 is 4.72. The van der Waals surface area contributed by atoms with Crippen molar-refractivity contribution in [3.05, 3.63) is 169 Å². The van der Waals surface area contributed by atoms with Gasteiger partial charge in [0, 0.05) is 42.9 Å². The van der Waals surface area contributed by atoms with E-state index in [9.17, 15) is 0 Å². The normalized spacial score (nSPS) is 11.3. The van der Waals surface area contributed by atoms with Gasteiger partial charge in [0.15, 0.2) is 5.65 Å². The molecule has 0 saturated carbocycles. The van der Waals surface area contributed by atoms with Crippen LogP contribution in [-0.2, 0) is 25.5 Å². The molecule has 0 spiro atoms. The van der Waals surface area contributed by atoms with Crippen molar-refractivity contribution in [3.63, 3.8) is 0 Å². The van der Waals surface area contributed by atoms with E-state index in [1.54, 1.807) is 6.20 Å². The third-order valence-corrected chi connectivity index (χ3v) is 10.3. The van der Waals surface area contributed by atoms with Gasteiger partial charge in [0.2, 0.25) is 0 Å². The number of hydrogen-bond donors (Lipinski definition) is 0. The molecule has 0 aliphatic heterocycles. The minimum atomic E-state index is -0.0155. The predicted molar refractivity (Wildman–Crippen MR) is 213 cm³/mol. The van der Waals surface area contributed by atoms with Crippen LogP contribution in [0.1, 0.15) is 31.9 Å². The van der Waals surface area contributed by atoms with Gasteiger partial charge in [-0.05, 0) is 68.2 Å². The van der Waals surface area contributed by atoms with Gasteiger partial charge >= 0.3 is 0 Å². The van der Waals surface area contributed by atoms with Crippen LogP contribution in [0.3, 0.4) is 0 Å². The zero-order chi connectivity index (χ0) is 35.0. The van der Waals surface area contributed by atoms with Gasteiger partial charge in [-0.1, -0.05) is 111 Å². The van der Waals surface area contributed by atoms with Gasteiger partial charge in [-0.2, -0.15) is 11.3 Å². The molecule has 6 heteroatoms. The number of aromatic nitrogens is 4. The second kappa shape index (κ2) is 14.8. The number of hydrogen-bond acceptors (Lipinski definition) is 4. The Hall–Kier alpha value is -5.26. The first kappa shape index (κ1) is 35.2. The average molecular weight is 869 g/mol. The van der Waals surface area contributed by atoms with E-state index in [0.29, 0.717) is 0 Å². The number of fused-ring (bicyclic) bond motifs is 4.